The van der Waals surface area contributed by atoms with Gasteiger partial charge in [0.2, 0.25) is 0 Å². The van der Waals surface area contributed by atoms with E-state index < -0.39 is 11.7 Å². The highest BCUT2D eigenvalue weighted by atomic mass is 32.1. The van der Waals surface area contributed by atoms with Crippen LogP contribution in [0.4, 0.5) is 11.4 Å². The summed E-state index contributed by atoms with van der Waals surface area (Å²) in [6, 6.07) is 11.6. The molecule has 9 heteroatoms. The Morgan fingerprint density at radius 2 is 2.00 bits per heavy atom. The Morgan fingerprint density at radius 3 is 2.64 bits per heavy atom. The zero-order valence-electron chi connectivity index (χ0n) is 15.1. The molecule has 0 radical (unpaired) electrons. The summed E-state index contributed by atoms with van der Waals surface area (Å²) >= 11 is 5.27. The number of para-hydroxylation sites is 1. The number of hydrogen-bond donors (Lipinski definition) is 3. The first kappa shape index (κ1) is 19.5. The molecule has 0 fully saturated rings. The van der Waals surface area contributed by atoms with Crippen LogP contribution >= 0.6 is 12.2 Å². The van der Waals surface area contributed by atoms with Gasteiger partial charge in [-0.15, -0.1) is 0 Å². The lowest BCUT2D eigenvalue weighted by Gasteiger charge is -2.21. The summed E-state index contributed by atoms with van der Waals surface area (Å²) in [6.07, 6.45) is 1.31. The molecule has 3 aromatic rings. The van der Waals surface area contributed by atoms with Gasteiger partial charge in [0.25, 0.3) is 5.91 Å². The number of Topliss-reactive ketones (excluding diaryl/α,β-unsaturated/α-hetero) is 1. The molecule has 0 aliphatic heterocycles. The number of H-pyrrole nitrogens is 1. The van der Waals surface area contributed by atoms with E-state index in [0.717, 1.165) is 5.56 Å². The van der Waals surface area contributed by atoms with E-state index in [1.165, 1.54) is 29.8 Å². The van der Waals surface area contributed by atoms with Gasteiger partial charge in [-0.1, -0.05) is 18.2 Å². The van der Waals surface area contributed by atoms with Gasteiger partial charge in [0, 0.05) is 11.9 Å². The van der Waals surface area contributed by atoms with Crippen LogP contribution in [0.1, 0.15) is 12.5 Å². The van der Waals surface area contributed by atoms with Crippen molar-refractivity contribution in [2.45, 2.75) is 13.8 Å². The van der Waals surface area contributed by atoms with Crippen molar-refractivity contribution in [3.63, 3.8) is 0 Å². The largest absolute Gasteiger partial charge is 0.733 e. The van der Waals surface area contributed by atoms with Crippen LogP contribution in [0.2, 0.25) is 0 Å². The maximum Gasteiger partial charge on any atom is 0.260 e. The molecule has 0 bridgehead atoms. The average molecular weight is 397 g/mol. The van der Waals surface area contributed by atoms with Crippen LogP contribution in [0.3, 0.4) is 0 Å². The minimum Gasteiger partial charge on any atom is -0.733 e. The molecule has 0 atom stereocenters. The fraction of sp³-hybridized carbons (Fsp3) is 0.105. The highest BCUT2D eigenvalue weighted by molar-refractivity contribution is 7.71. The monoisotopic (exact) mass is 397 g/mol. The van der Waals surface area contributed by atoms with Crippen LogP contribution in [0.25, 0.3) is 17.2 Å². The summed E-state index contributed by atoms with van der Waals surface area (Å²) in [7, 11) is 0. The molecule has 1 heterocycles. The number of aromatic amines is 1. The third-order valence-electron chi connectivity index (χ3n) is 4.20. The molecule has 0 saturated carbocycles. The van der Waals surface area contributed by atoms with E-state index >= 15 is 0 Å². The van der Waals surface area contributed by atoms with Gasteiger partial charge < -0.3 is 20.7 Å². The van der Waals surface area contributed by atoms with Gasteiger partial charge in [-0.2, -0.15) is 0 Å². The Hall–Kier alpha value is -3.27. The molecule has 144 valence electrons. The number of anilines is 2. The van der Waals surface area contributed by atoms with Crippen LogP contribution < -0.4 is 10.5 Å². The number of nitrogens with zero attached hydrogens (tertiary/aromatic N) is 2. The van der Waals surface area contributed by atoms with Gasteiger partial charge in [0.15, 0.2) is 10.6 Å². The smallest absolute Gasteiger partial charge is 0.260 e. The van der Waals surface area contributed by atoms with Gasteiger partial charge in [-0.05, 0) is 55.9 Å². The Morgan fingerprint density at radius 1 is 1.29 bits per heavy atom. The lowest BCUT2D eigenvalue weighted by atomic mass is 10.1. The van der Waals surface area contributed by atoms with E-state index in [1.807, 2.05) is 19.1 Å². The topological polar surface area (TPSA) is 113 Å². The summed E-state index contributed by atoms with van der Waals surface area (Å²) in [5.41, 5.74) is 2.32. The highest BCUT2D eigenvalue weighted by Crippen LogP contribution is 2.22. The Kier molecular flexibility index (Phi) is 5.41. The summed E-state index contributed by atoms with van der Waals surface area (Å²) < 4.78 is 1.64. The SMILES string of the molecule is CC(=O)/C(=C/n1c(=S)[nH]c2ccc(N([O-])O)cc21)C(=O)Nc1ccccc1C. The quantitative estimate of drug-likeness (QED) is 0.199. The third kappa shape index (κ3) is 3.86. The summed E-state index contributed by atoms with van der Waals surface area (Å²) in [6.45, 7) is 3.12. The summed E-state index contributed by atoms with van der Waals surface area (Å²) in [5, 5.41) is 22.7. The van der Waals surface area contributed by atoms with Gasteiger partial charge in [-0.25, -0.2) is 0 Å². The number of carbonyl (C=O) groups is 2. The second-order valence-electron chi connectivity index (χ2n) is 6.14. The van der Waals surface area contributed by atoms with Gasteiger partial charge in [0.05, 0.1) is 22.3 Å². The minimum absolute atomic E-state index is 0.0163. The molecule has 1 amide bonds. The van der Waals surface area contributed by atoms with Gasteiger partial charge in [0.1, 0.15) is 0 Å². The van der Waals surface area contributed by atoms with E-state index in [-0.39, 0.29) is 21.3 Å². The number of carbonyl (C=O) groups excluding carboxylic acids is 2. The number of aromatic nitrogens is 2. The molecule has 1 aromatic heterocycles. The van der Waals surface area contributed by atoms with Crippen LogP contribution in [0.15, 0.2) is 48.0 Å². The zero-order chi connectivity index (χ0) is 20.4. The molecule has 3 N–H and O–H groups in total. The van der Waals surface area contributed by atoms with Gasteiger partial charge in [-0.3, -0.25) is 19.4 Å². The number of hydrogen-bond acceptors (Lipinski definition) is 6. The first-order chi connectivity index (χ1) is 13.3. The molecular formula is C19H17N4O4S-. The van der Waals surface area contributed by atoms with Crippen molar-refractivity contribution in [2.24, 2.45) is 0 Å². The van der Waals surface area contributed by atoms with E-state index in [9.17, 15) is 14.8 Å². The van der Waals surface area contributed by atoms with Crippen LogP contribution in [0.5, 0.6) is 0 Å². The molecule has 0 spiro atoms. The number of fused-ring (bicyclic) bond motifs is 1. The van der Waals surface area contributed by atoms with E-state index in [0.29, 0.717) is 16.7 Å². The molecular weight excluding hydrogens is 380 g/mol. The number of nitrogens with one attached hydrogen (secondary N) is 2. The number of imidazole rings is 1. The van der Waals surface area contributed by atoms with Crippen molar-refractivity contribution < 1.29 is 14.8 Å². The molecule has 0 aliphatic rings. The normalized spacial score (nSPS) is 11.5. The number of amides is 1. The Balaban J connectivity index is 2.07. The number of ketones is 1. The molecule has 8 nitrogen and oxygen atoms in total. The summed E-state index contributed by atoms with van der Waals surface area (Å²) in [4.78, 5) is 27.7. The fourth-order valence-corrected chi connectivity index (χ4v) is 2.96. The van der Waals surface area contributed by atoms with E-state index in [1.54, 1.807) is 18.2 Å². The first-order valence-electron chi connectivity index (χ1n) is 8.28. The second kappa shape index (κ2) is 7.77. The number of rotatable bonds is 5. The van der Waals surface area contributed by atoms with Crippen molar-refractivity contribution in [1.29, 1.82) is 0 Å². The average Bonchev–Trinajstić information content (AvgIpc) is 2.95. The van der Waals surface area contributed by atoms with Gasteiger partial charge >= 0.3 is 0 Å². The second-order valence-corrected chi connectivity index (χ2v) is 6.53. The van der Waals surface area contributed by atoms with E-state index in [4.69, 9.17) is 17.4 Å². The number of benzene rings is 2. The summed E-state index contributed by atoms with van der Waals surface area (Å²) in [5.74, 6) is -1.03. The third-order valence-corrected chi connectivity index (χ3v) is 4.50. The zero-order valence-corrected chi connectivity index (χ0v) is 15.9. The van der Waals surface area contributed by atoms with Crippen molar-refractivity contribution in [2.75, 3.05) is 10.5 Å². The lowest BCUT2D eigenvalue weighted by Crippen LogP contribution is -2.20. The Labute approximate surface area is 165 Å². The van der Waals surface area contributed by atoms with Crippen molar-refractivity contribution >= 4 is 52.5 Å². The van der Waals surface area contributed by atoms with Crippen LogP contribution in [0, 0.1) is 16.9 Å². The van der Waals surface area contributed by atoms with Crippen molar-refractivity contribution in [3.8, 4) is 0 Å². The van der Waals surface area contributed by atoms with E-state index in [2.05, 4.69) is 10.3 Å². The maximum absolute atomic E-state index is 12.7. The standard InChI is InChI=1S/C19H17N4O4S/c1-11-5-3-4-6-15(11)20-18(25)14(12(2)24)10-22-17-9-13(23(26)27)7-8-16(17)21-19(22)28/h3-10,26H,1-2H3,(H,20,25)(H,21,28)/q-1/b14-10-. The predicted octanol–water partition coefficient (Wildman–Crippen LogP) is 3.77. The molecule has 3 rings (SSSR count). The fourth-order valence-electron chi connectivity index (χ4n) is 2.70. The van der Waals surface area contributed by atoms with Crippen molar-refractivity contribution in [1.82, 2.24) is 9.55 Å². The molecule has 2 aromatic carbocycles. The first-order valence-corrected chi connectivity index (χ1v) is 8.69. The van der Waals surface area contributed by atoms with Crippen LogP contribution in [-0.2, 0) is 9.59 Å². The van der Waals surface area contributed by atoms with Crippen LogP contribution in [-0.4, -0.2) is 26.4 Å². The molecule has 28 heavy (non-hydrogen) atoms. The highest BCUT2D eigenvalue weighted by Gasteiger charge is 2.17. The molecule has 0 aliphatic carbocycles. The van der Waals surface area contributed by atoms with Crippen molar-refractivity contribution in [3.05, 3.63) is 63.6 Å². The molecule has 0 saturated heterocycles. The molecule has 0 unspecified atom stereocenters. The maximum atomic E-state index is 12.7. The predicted molar refractivity (Wildman–Crippen MR) is 110 cm³/mol. The Bertz CT molecular complexity index is 1160. The number of aryl methyl sites for hydroxylation is 1. The lowest BCUT2D eigenvalue weighted by molar-refractivity contribution is -0.118. The minimum atomic E-state index is -0.582.